The lowest BCUT2D eigenvalue weighted by atomic mass is 9.81. The first-order valence-corrected chi connectivity index (χ1v) is 9.02. The Morgan fingerprint density at radius 1 is 1.09 bits per heavy atom. The lowest BCUT2D eigenvalue weighted by Gasteiger charge is -2.22. The van der Waals surface area contributed by atoms with E-state index < -0.39 is 0 Å². The molecule has 2 aliphatic rings. The largest absolute Gasteiger partial charge is 0.353 e. The molecule has 1 heterocycles. The number of nitriles is 1. The van der Waals surface area contributed by atoms with Gasteiger partial charge in [0, 0.05) is 6.61 Å². The van der Waals surface area contributed by atoms with Gasteiger partial charge in [-0.05, 0) is 56.1 Å². The third-order valence-corrected chi connectivity index (χ3v) is 5.20. The summed E-state index contributed by atoms with van der Waals surface area (Å²) in [6, 6.07) is 11.3. The minimum Gasteiger partial charge on any atom is -0.353 e. The van der Waals surface area contributed by atoms with Crippen LogP contribution in [0.25, 0.3) is 0 Å². The van der Waals surface area contributed by atoms with Gasteiger partial charge in [-0.15, -0.1) is 0 Å². The summed E-state index contributed by atoms with van der Waals surface area (Å²) in [5.41, 5.74) is 2.47. The van der Waals surface area contributed by atoms with Gasteiger partial charge in [-0.1, -0.05) is 37.1 Å². The van der Waals surface area contributed by atoms with Gasteiger partial charge in [-0.2, -0.15) is 5.26 Å². The highest BCUT2D eigenvalue weighted by molar-refractivity contribution is 5.25. The molecule has 1 atom stereocenters. The van der Waals surface area contributed by atoms with Crippen LogP contribution in [0.4, 0.5) is 0 Å². The Bertz CT molecular complexity index is 520. The van der Waals surface area contributed by atoms with Gasteiger partial charge in [0.05, 0.1) is 18.1 Å². The Hall–Kier alpha value is -1.37. The van der Waals surface area contributed by atoms with E-state index in [2.05, 4.69) is 30.3 Å². The Balaban J connectivity index is 1.46. The van der Waals surface area contributed by atoms with Crippen LogP contribution < -0.4 is 0 Å². The minimum absolute atomic E-state index is 0.000812. The van der Waals surface area contributed by atoms with Crippen LogP contribution in [-0.2, 0) is 22.3 Å². The highest BCUT2D eigenvalue weighted by Crippen LogP contribution is 2.40. The lowest BCUT2D eigenvalue weighted by molar-refractivity contribution is -0.161. The van der Waals surface area contributed by atoms with Gasteiger partial charge in [0.15, 0.2) is 6.29 Å². The first kappa shape index (κ1) is 16.5. The molecule has 3 nitrogen and oxygen atoms in total. The normalized spacial score (nSPS) is 23.5. The van der Waals surface area contributed by atoms with Crippen LogP contribution in [0.2, 0.25) is 0 Å². The Labute approximate surface area is 139 Å². The first-order chi connectivity index (χ1) is 11.3. The van der Waals surface area contributed by atoms with E-state index in [1.165, 1.54) is 30.4 Å². The molecule has 0 amide bonds. The number of hydrogen-bond acceptors (Lipinski definition) is 3. The van der Waals surface area contributed by atoms with Gasteiger partial charge < -0.3 is 9.47 Å². The fourth-order valence-electron chi connectivity index (χ4n) is 3.75. The molecule has 1 aliphatic heterocycles. The fourth-order valence-corrected chi connectivity index (χ4v) is 3.75. The van der Waals surface area contributed by atoms with E-state index in [-0.39, 0.29) is 11.7 Å². The third kappa shape index (κ3) is 4.56. The molecule has 124 valence electrons. The van der Waals surface area contributed by atoms with E-state index in [0.717, 1.165) is 45.1 Å². The molecule has 1 aromatic rings. The van der Waals surface area contributed by atoms with Gasteiger partial charge in [0.1, 0.15) is 0 Å². The zero-order valence-electron chi connectivity index (χ0n) is 13.9. The maximum Gasteiger partial charge on any atom is 0.157 e. The molecule has 1 aliphatic carbocycles. The number of nitrogens with zero attached hydrogens (tertiary/aromatic N) is 1. The van der Waals surface area contributed by atoms with Gasteiger partial charge in [0.2, 0.25) is 0 Å². The van der Waals surface area contributed by atoms with E-state index in [4.69, 9.17) is 9.47 Å². The Morgan fingerprint density at radius 2 is 1.83 bits per heavy atom. The molecular weight excluding hydrogens is 286 g/mol. The Morgan fingerprint density at radius 3 is 2.48 bits per heavy atom. The van der Waals surface area contributed by atoms with Crippen molar-refractivity contribution < 1.29 is 9.47 Å². The van der Waals surface area contributed by atoms with Gasteiger partial charge in [-0.3, -0.25) is 0 Å². The predicted octanol–water partition coefficient (Wildman–Crippen LogP) is 4.40. The summed E-state index contributed by atoms with van der Waals surface area (Å²) >= 11 is 0. The van der Waals surface area contributed by atoms with Crippen LogP contribution in [0.15, 0.2) is 24.3 Å². The molecule has 3 rings (SSSR count). The molecule has 1 aromatic carbocycles. The molecule has 1 unspecified atom stereocenters. The fraction of sp³-hybridized carbons (Fsp3) is 0.650. The summed E-state index contributed by atoms with van der Waals surface area (Å²) in [7, 11) is 0. The van der Waals surface area contributed by atoms with Crippen LogP contribution in [0, 0.1) is 16.7 Å². The van der Waals surface area contributed by atoms with Crippen molar-refractivity contribution in [2.24, 2.45) is 5.41 Å². The van der Waals surface area contributed by atoms with Crippen molar-refractivity contribution in [2.45, 2.75) is 64.1 Å². The van der Waals surface area contributed by atoms with Gasteiger partial charge in [-0.25, -0.2) is 0 Å². The second kappa shape index (κ2) is 7.95. The van der Waals surface area contributed by atoms with E-state index in [1.54, 1.807) is 0 Å². The second-order valence-electron chi connectivity index (χ2n) is 7.01. The average molecular weight is 313 g/mol. The SMILES string of the molecule is N#CC1(Cc2ccc(CCOC3CCCCO3)cc2)CCCC1. The monoisotopic (exact) mass is 313 g/mol. The van der Waals surface area contributed by atoms with Crippen molar-refractivity contribution in [2.75, 3.05) is 13.2 Å². The molecule has 2 fully saturated rings. The molecular formula is C20H27NO2. The van der Waals surface area contributed by atoms with E-state index >= 15 is 0 Å². The molecule has 0 N–H and O–H groups in total. The number of ether oxygens (including phenoxy) is 2. The van der Waals surface area contributed by atoms with Gasteiger partial charge >= 0.3 is 0 Å². The summed E-state index contributed by atoms with van der Waals surface area (Å²) in [6.45, 7) is 1.55. The van der Waals surface area contributed by atoms with Crippen LogP contribution in [-0.4, -0.2) is 19.5 Å². The van der Waals surface area contributed by atoms with E-state index in [9.17, 15) is 5.26 Å². The lowest BCUT2D eigenvalue weighted by Crippen LogP contribution is -2.23. The van der Waals surface area contributed by atoms with E-state index in [0.29, 0.717) is 6.61 Å². The molecule has 23 heavy (non-hydrogen) atoms. The highest BCUT2D eigenvalue weighted by atomic mass is 16.7. The summed E-state index contributed by atoms with van der Waals surface area (Å²) in [4.78, 5) is 0. The van der Waals surface area contributed by atoms with E-state index in [1.807, 2.05) is 0 Å². The van der Waals surface area contributed by atoms with Crippen molar-refractivity contribution in [1.82, 2.24) is 0 Å². The summed E-state index contributed by atoms with van der Waals surface area (Å²) < 4.78 is 11.4. The number of hydrogen-bond donors (Lipinski definition) is 0. The quantitative estimate of drug-likeness (QED) is 0.781. The molecule has 0 bridgehead atoms. The molecule has 1 saturated heterocycles. The molecule has 0 aromatic heterocycles. The van der Waals surface area contributed by atoms with Gasteiger partial charge in [0.25, 0.3) is 0 Å². The van der Waals surface area contributed by atoms with Crippen molar-refractivity contribution in [3.8, 4) is 6.07 Å². The summed E-state index contributed by atoms with van der Waals surface area (Å²) in [5.74, 6) is 0. The summed E-state index contributed by atoms with van der Waals surface area (Å²) in [5, 5.41) is 9.49. The predicted molar refractivity (Wildman–Crippen MR) is 89.9 cm³/mol. The van der Waals surface area contributed by atoms with Crippen LogP contribution in [0.5, 0.6) is 0 Å². The zero-order valence-corrected chi connectivity index (χ0v) is 13.9. The standard InChI is InChI=1S/C20H27NO2/c21-16-20(11-2-3-12-20)15-18-8-6-17(7-9-18)10-14-23-19-5-1-4-13-22-19/h6-9,19H,1-5,10-15H2. The molecule has 1 saturated carbocycles. The molecule has 3 heteroatoms. The maximum atomic E-state index is 9.49. The maximum absolute atomic E-state index is 9.49. The highest BCUT2D eigenvalue weighted by Gasteiger charge is 2.33. The number of rotatable bonds is 6. The number of benzene rings is 1. The van der Waals surface area contributed by atoms with Crippen molar-refractivity contribution in [1.29, 1.82) is 5.26 Å². The van der Waals surface area contributed by atoms with Crippen molar-refractivity contribution >= 4 is 0 Å². The zero-order chi connectivity index (χ0) is 16.0. The summed E-state index contributed by atoms with van der Waals surface area (Å²) in [6.07, 6.45) is 9.72. The molecule has 0 spiro atoms. The van der Waals surface area contributed by atoms with Crippen LogP contribution in [0.3, 0.4) is 0 Å². The first-order valence-electron chi connectivity index (χ1n) is 9.02. The Kier molecular flexibility index (Phi) is 5.70. The average Bonchev–Trinajstić information content (AvgIpc) is 3.07. The minimum atomic E-state index is -0.108. The molecule has 0 radical (unpaired) electrons. The van der Waals surface area contributed by atoms with Crippen molar-refractivity contribution in [3.63, 3.8) is 0 Å². The van der Waals surface area contributed by atoms with Crippen LogP contribution >= 0.6 is 0 Å². The van der Waals surface area contributed by atoms with Crippen molar-refractivity contribution in [3.05, 3.63) is 35.4 Å². The smallest absolute Gasteiger partial charge is 0.157 e. The van der Waals surface area contributed by atoms with Crippen LogP contribution in [0.1, 0.15) is 56.1 Å². The second-order valence-corrected chi connectivity index (χ2v) is 7.01. The topological polar surface area (TPSA) is 42.2 Å². The third-order valence-electron chi connectivity index (χ3n) is 5.20.